The van der Waals surface area contributed by atoms with Crippen molar-refractivity contribution in [1.82, 2.24) is 14.9 Å². The van der Waals surface area contributed by atoms with E-state index in [2.05, 4.69) is 16.9 Å². The van der Waals surface area contributed by atoms with Crippen LogP contribution in [0, 0.1) is 6.92 Å². The number of amides is 2. The number of aliphatic hydroxyl groups excluding tert-OH is 1. The van der Waals surface area contributed by atoms with Crippen LogP contribution < -0.4 is 10.2 Å². The number of hydrogen-bond donors (Lipinski definition) is 2. The van der Waals surface area contributed by atoms with Gasteiger partial charge in [0.2, 0.25) is 0 Å². The minimum Gasteiger partial charge on any atom is -0.388 e. The number of hydrogen-bond acceptors (Lipinski definition) is 3. The number of fused-ring (bicyclic) bond motifs is 1. The van der Waals surface area contributed by atoms with Gasteiger partial charge in [-0.15, -0.1) is 0 Å². The van der Waals surface area contributed by atoms with Gasteiger partial charge < -0.3 is 15.0 Å². The maximum absolute atomic E-state index is 12.4. The molecule has 0 aliphatic carbocycles. The summed E-state index contributed by atoms with van der Waals surface area (Å²) in [7, 11) is 0. The summed E-state index contributed by atoms with van der Waals surface area (Å²) >= 11 is 0. The molecule has 2 N–H and O–H groups in total. The number of aryl methyl sites for hydroxylation is 1. The Hall–Kier alpha value is -2.60. The summed E-state index contributed by atoms with van der Waals surface area (Å²) in [4.78, 5) is 18.4. The first-order chi connectivity index (χ1) is 11.0. The number of nitrogens with zero attached hydrogens (tertiary/aromatic N) is 3. The lowest BCUT2D eigenvalue weighted by Gasteiger charge is -2.28. The highest BCUT2D eigenvalue weighted by Crippen LogP contribution is 2.31. The van der Waals surface area contributed by atoms with Crippen molar-refractivity contribution in [2.75, 3.05) is 4.90 Å². The Morgan fingerprint density at radius 3 is 2.61 bits per heavy atom. The number of rotatable bonds is 4. The number of urea groups is 1. The molecule has 1 aliphatic rings. The molecule has 6 heteroatoms. The molecule has 0 saturated heterocycles. The van der Waals surface area contributed by atoms with Gasteiger partial charge in [0.05, 0.1) is 12.2 Å². The van der Waals surface area contributed by atoms with Crippen molar-refractivity contribution < 1.29 is 9.90 Å². The number of imidazole rings is 1. The molecule has 2 heterocycles. The van der Waals surface area contributed by atoms with E-state index >= 15 is 0 Å². The second-order valence-corrected chi connectivity index (χ2v) is 5.58. The number of aromatic nitrogens is 2. The van der Waals surface area contributed by atoms with E-state index in [0.717, 1.165) is 11.3 Å². The Kier molecular flexibility index (Phi) is 3.92. The topological polar surface area (TPSA) is 70.4 Å². The van der Waals surface area contributed by atoms with Crippen molar-refractivity contribution >= 4 is 17.5 Å². The SMILES string of the molecule is C=C1NC(=O)N(Cc2ccc(C)cc2)c2nc(CO)n(CC)c21. The van der Waals surface area contributed by atoms with Gasteiger partial charge in [0.25, 0.3) is 0 Å². The molecule has 0 spiro atoms. The minimum atomic E-state index is -0.256. The van der Waals surface area contributed by atoms with Gasteiger partial charge in [0.15, 0.2) is 5.82 Å². The van der Waals surface area contributed by atoms with E-state index in [1.54, 1.807) is 4.90 Å². The van der Waals surface area contributed by atoms with Gasteiger partial charge in [0.1, 0.15) is 18.1 Å². The maximum Gasteiger partial charge on any atom is 0.327 e. The third-order valence-corrected chi connectivity index (χ3v) is 3.99. The highest BCUT2D eigenvalue weighted by Gasteiger charge is 2.32. The summed E-state index contributed by atoms with van der Waals surface area (Å²) in [5, 5.41) is 12.3. The molecule has 0 atom stereocenters. The van der Waals surface area contributed by atoms with Crippen LogP contribution in [0.5, 0.6) is 0 Å². The molecule has 1 aromatic heterocycles. The molecule has 0 bridgehead atoms. The van der Waals surface area contributed by atoms with E-state index in [0.29, 0.717) is 30.4 Å². The highest BCUT2D eigenvalue weighted by atomic mass is 16.3. The van der Waals surface area contributed by atoms with E-state index < -0.39 is 0 Å². The average Bonchev–Trinajstić information content (AvgIpc) is 2.92. The first-order valence-corrected chi connectivity index (χ1v) is 7.58. The number of nitrogens with one attached hydrogen (secondary N) is 1. The molecule has 0 radical (unpaired) electrons. The Morgan fingerprint density at radius 1 is 1.30 bits per heavy atom. The van der Waals surface area contributed by atoms with E-state index in [9.17, 15) is 9.90 Å². The molecule has 1 aromatic carbocycles. The van der Waals surface area contributed by atoms with Crippen molar-refractivity contribution in [3.05, 3.63) is 53.5 Å². The standard InChI is InChI=1S/C17H20N4O2/c1-4-20-14(10-22)19-16-15(20)12(3)18-17(23)21(16)9-13-7-5-11(2)6-8-13/h5-8,22H,3-4,9-10H2,1-2H3,(H,18,23). The summed E-state index contributed by atoms with van der Waals surface area (Å²) in [5.41, 5.74) is 3.45. The Morgan fingerprint density at radius 2 is 2.00 bits per heavy atom. The minimum absolute atomic E-state index is 0.180. The van der Waals surface area contributed by atoms with E-state index in [1.165, 1.54) is 5.56 Å². The molecule has 2 amide bonds. The molecule has 0 fully saturated rings. The number of benzene rings is 1. The van der Waals surface area contributed by atoms with Crippen LogP contribution in [0.2, 0.25) is 0 Å². The van der Waals surface area contributed by atoms with Crippen molar-refractivity contribution in [3.63, 3.8) is 0 Å². The van der Waals surface area contributed by atoms with Gasteiger partial charge in [0, 0.05) is 6.54 Å². The van der Waals surface area contributed by atoms with Gasteiger partial charge in [-0.05, 0) is 19.4 Å². The third-order valence-electron chi connectivity index (χ3n) is 3.99. The molecule has 0 saturated carbocycles. The zero-order valence-electron chi connectivity index (χ0n) is 13.3. The number of anilines is 1. The molecule has 0 unspecified atom stereocenters. The van der Waals surface area contributed by atoms with E-state index in [4.69, 9.17) is 0 Å². The summed E-state index contributed by atoms with van der Waals surface area (Å²) in [6.45, 7) is 8.78. The lowest BCUT2D eigenvalue weighted by molar-refractivity contribution is 0.249. The first kappa shape index (κ1) is 15.3. The molecule has 120 valence electrons. The van der Waals surface area contributed by atoms with Crippen LogP contribution in [-0.4, -0.2) is 20.7 Å². The molecule has 3 rings (SSSR count). The van der Waals surface area contributed by atoms with Crippen molar-refractivity contribution in [1.29, 1.82) is 0 Å². The van der Waals surface area contributed by atoms with Gasteiger partial charge in [-0.25, -0.2) is 9.78 Å². The lowest BCUT2D eigenvalue weighted by atomic mass is 10.1. The fourth-order valence-corrected chi connectivity index (χ4v) is 2.81. The number of aliphatic hydroxyl groups is 1. The van der Waals surface area contributed by atoms with Crippen LogP contribution in [0.1, 0.15) is 29.6 Å². The number of carbonyl (C=O) groups is 1. The summed E-state index contributed by atoms with van der Waals surface area (Å²) in [6.07, 6.45) is 0. The smallest absolute Gasteiger partial charge is 0.327 e. The fourth-order valence-electron chi connectivity index (χ4n) is 2.81. The zero-order chi connectivity index (χ0) is 16.6. The van der Waals surface area contributed by atoms with Crippen LogP contribution in [0.15, 0.2) is 30.8 Å². The second kappa shape index (κ2) is 5.89. The van der Waals surface area contributed by atoms with Gasteiger partial charge in [-0.3, -0.25) is 4.90 Å². The van der Waals surface area contributed by atoms with Crippen LogP contribution >= 0.6 is 0 Å². The van der Waals surface area contributed by atoms with E-state index in [-0.39, 0.29) is 12.6 Å². The molecule has 2 aromatic rings. The van der Waals surface area contributed by atoms with Crippen LogP contribution in [-0.2, 0) is 19.7 Å². The monoisotopic (exact) mass is 312 g/mol. The molecule has 23 heavy (non-hydrogen) atoms. The quantitative estimate of drug-likeness (QED) is 0.911. The van der Waals surface area contributed by atoms with E-state index in [1.807, 2.05) is 42.7 Å². The summed E-state index contributed by atoms with van der Waals surface area (Å²) < 4.78 is 1.87. The average molecular weight is 312 g/mol. The Balaban J connectivity index is 2.03. The van der Waals surface area contributed by atoms with Gasteiger partial charge in [-0.1, -0.05) is 36.4 Å². The van der Waals surface area contributed by atoms with Crippen LogP contribution in [0.4, 0.5) is 10.6 Å². The van der Waals surface area contributed by atoms with Crippen molar-refractivity contribution in [2.24, 2.45) is 0 Å². The van der Waals surface area contributed by atoms with Crippen LogP contribution in [0.3, 0.4) is 0 Å². The fraction of sp³-hybridized carbons (Fsp3) is 0.294. The molecular formula is C17H20N4O2. The Bertz CT molecular complexity index is 762. The predicted octanol–water partition coefficient (Wildman–Crippen LogP) is 2.40. The normalized spacial score (nSPS) is 14.0. The highest BCUT2D eigenvalue weighted by molar-refractivity contribution is 6.02. The molecular weight excluding hydrogens is 292 g/mol. The number of carbonyl (C=O) groups excluding carboxylic acids is 1. The van der Waals surface area contributed by atoms with Gasteiger partial charge >= 0.3 is 6.03 Å². The second-order valence-electron chi connectivity index (χ2n) is 5.58. The Labute approximate surface area is 135 Å². The van der Waals surface area contributed by atoms with Crippen molar-refractivity contribution in [3.8, 4) is 0 Å². The maximum atomic E-state index is 12.4. The zero-order valence-corrected chi connectivity index (χ0v) is 13.3. The third kappa shape index (κ3) is 2.61. The summed E-state index contributed by atoms with van der Waals surface area (Å²) in [6, 6.07) is 7.76. The van der Waals surface area contributed by atoms with Gasteiger partial charge in [-0.2, -0.15) is 0 Å². The molecule has 1 aliphatic heterocycles. The van der Waals surface area contributed by atoms with Crippen LogP contribution in [0.25, 0.3) is 5.70 Å². The lowest BCUT2D eigenvalue weighted by Crippen LogP contribution is -2.43. The first-order valence-electron chi connectivity index (χ1n) is 7.58. The predicted molar refractivity (Wildman–Crippen MR) is 88.8 cm³/mol. The summed E-state index contributed by atoms with van der Waals surface area (Å²) in [5.74, 6) is 1.08. The van der Waals surface area contributed by atoms with Crippen molar-refractivity contribution in [2.45, 2.75) is 33.5 Å². The molecule has 6 nitrogen and oxygen atoms in total. The largest absolute Gasteiger partial charge is 0.388 e.